The lowest BCUT2D eigenvalue weighted by atomic mass is 9.94. The summed E-state index contributed by atoms with van der Waals surface area (Å²) in [6.07, 6.45) is 2.46. The number of halogens is 3. The second-order valence-electron chi connectivity index (χ2n) is 10.1. The number of anilines is 1. The maximum Gasteiger partial charge on any atom is 0.323 e. The van der Waals surface area contributed by atoms with Gasteiger partial charge < -0.3 is 24.9 Å². The van der Waals surface area contributed by atoms with Gasteiger partial charge in [0.25, 0.3) is 0 Å². The Balaban J connectivity index is 1.43. The number of benzene rings is 3. The van der Waals surface area contributed by atoms with Crippen LogP contribution in [0.15, 0.2) is 59.5 Å². The van der Waals surface area contributed by atoms with Crippen molar-refractivity contribution in [1.29, 1.82) is 0 Å². The second kappa shape index (κ2) is 9.25. The van der Waals surface area contributed by atoms with Gasteiger partial charge in [0.15, 0.2) is 0 Å². The number of nitrogens with zero attached hydrogens (tertiary/aromatic N) is 2. The highest BCUT2D eigenvalue weighted by atomic mass is 19.1. The molecular formula is C29H24F3N5O2. The van der Waals surface area contributed by atoms with Crippen molar-refractivity contribution >= 4 is 27.6 Å². The van der Waals surface area contributed by atoms with Crippen molar-refractivity contribution in [2.24, 2.45) is 0 Å². The summed E-state index contributed by atoms with van der Waals surface area (Å²) in [6.45, 7) is 2.73. The van der Waals surface area contributed by atoms with Crippen LogP contribution in [0.1, 0.15) is 6.42 Å². The predicted molar refractivity (Wildman–Crippen MR) is 143 cm³/mol. The van der Waals surface area contributed by atoms with Gasteiger partial charge in [0, 0.05) is 48.9 Å². The van der Waals surface area contributed by atoms with Gasteiger partial charge in [-0.15, -0.1) is 0 Å². The Morgan fingerprint density at radius 1 is 0.949 bits per heavy atom. The molecule has 0 bridgehead atoms. The summed E-state index contributed by atoms with van der Waals surface area (Å²) in [5, 5.41) is 4.28. The van der Waals surface area contributed by atoms with Gasteiger partial charge in [-0.25, -0.2) is 18.0 Å². The number of pyridine rings is 1. The molecule has 2 aliphatic rings. The van der Waals surface area contributed by atoms with E-state index in [0.717, 1.165) is 30.1 Å². The number of imidazole rings is 1. The van der Waals surface area contributed by atoms with Crippen LogP contribution in [0.5, 0.6) is 0 Å². The quantitative estimate of drug-likeness (QED) is 0.314. The molecule has 39 heavy (non-hydrogen) atoms. The summed E-state index contributed by atoms with van der Waals surface area (Å²) < 4.78 is 49.5. The first-order valence-corrected chi connectivity index (χ1v) is 12.8. The van der Waals surface area contributed by atoms with Crippen molar-refractivity contribution in [1.82, 2.24) is 20.3 Å². The van der Waals surface area contributed by atoms with Gasteiger partial charge in [-0.2, -0.15) is 0 Å². The van der Waals surface area contributed by atoms with Gasteiger partial charge in [0.2, 0.25) is 0 Å². The van der Waals surface area contributed by atoms with E-state index in [1.165, 1.54) is 18.2 Å². The smallest absolute Gasteiger partial charge is 0.323 e. The van der Waals surface area contributed by atoms with Crippen LogP contribution >= 0.6 is 0 Å². The van der Waals surface area contributed by atoms with E-state index in [2.05, 4.69) is 25.2 Å². The lowest BCUT2D eigenvalue weighted by Crippen LogP contribution is -2.57. The van der Waals surface area contributed by atoms with E-state index >= 15 is 0 Å². The van der Waals surface area contributed by atoms with Crippen molar-refractivity contribution in [3.05, 3.63) is 82.7 Å². The van der Waals surface area contributed by atoms with E-state index in [4.69, 9.17) is 4.74 Å². The average molecular weight is 532 g/mol. The third-order valence-corrected chi connectivity index (χ3v) is 7.64. The molecule has 2 fully saturated rings. The number of ether oxygens (including phenoxy) is 1. The molecule has 5 aromatic rings. The third-order valence-electron chi connectivity index (χ3n) is 7.64. The normalized spacial score (nSPS) is 19.5. The van der Waals surface area contributed by atoms with E-state index in [-0.39, 0.29) is 17.7 Å². The highest BCUT2D eigenvalue weighted by Crippen LogP contribution is 2.40. The van der Waals surface area contributed by atoms with Gasteiger partial charge in [-0.1, -0.05) is 6.07 Å². The molecule has 198 valence electrons. The molecule has 0 amide bonds. The van der Waals surface area contributed by atoms with Crippen LogP contribution in [-0.4, -0.2) is 53.3 Å². The van der Waals surface area contributed by atoms with Crippen molar-refractivity contribution in [2.75, 3.05) is 31.1 Å². The van der Waals surface area contributed by atoms with E-state index in [0.29, 0.717) is 53.0 Å². The lowest BCUT2D eigenvalue weighted by molar-refractivity contribution is -0.00896. The molecule has 2 aromatic heterocycles. The molecule has 3 aromatic carbocycles. The first kappa shape index (κ1) is 23.9. The van der Waals surface area contributed by atoms with Crippen LogP contribution in [0, 0.1) is 17.5 Å². The number of aromatic nitrogens is 3. The van der Waals surface area contributed by atoms with Crippen molar-refractivity contribution in [2.45, 2.75) is 18.6 Å². The minimum atomic E-state index is -0.674. The summed E-state index contributed by atoms with van der Waals surface area (Å²) in [4.78, 5) is 23.6. The number of rotatable bonds is 3. The van der Waals surface area contributed by atoms with Gasteiger partial charge >= 0.3 is 5.69 Å². The Bertz CT molecular complexity index is 1780. The maximum absolute atomic E-state index is 14.8. The first-order chi connectivity index (χ1) is 18.9. The minimum Gasteiger partial charge on any atom is -0.373 e. The van der Waals surface area contributed by atoms with Crippen LogP contribution in [0.2, 0.25) is 0 Å². The second-order valence-corrected chi connectivity index (χ2v) is 10.1. The molecule has 7 rings (SSSR count). The number of fused-ring (bicyclic) bond motifs is 3. The summed E-state index contributed by atoms with van der Waals surface area (Å²) >= 11 is 0. The van der Waals surface area contributed by atoms with E-state index in [9.17, 15) is 18.0 Å². The Labute approximate surface area is 220 Å². The average Bonchev–Trinajstić information content (AvgIpc) is 3.32. The SMILES string of the molecule is O=c1[nH]c2cc(-c3ccc4ncc(-c5cc(F)cc(F)c5)c(N5CC[C@H]6NCCO[C@@H]6C5)c4c3)cc(F)c2[nH]1. The molecule has 0 saturated carbocycles. The molecule has 2 aliphatic heterocycles. The lowest BCUT2D eigenvalue weighted by Gasteiger charge is -2.43. The summed E-state index contributed by atoms with van der Waals surface area (Å²) in [6, 6.07) is 12.4. The molecule has 2 saturated heterocycles. The van der Waals surface area contributed by atoms with Crippen molar-refractivity contribution in [3.63, 3.8) is 0 Å². The van der Waals surface area contributed by atoms with Crippen LogP contribution in [0.4, 0.5) is 18.9 Å². The number of H-pyrrole nitrogens is 2. The van der Waals surface area contributed by atoms with Crippen LogP contribution in [0.3, 0.4) is 0 Å². The zero-order valence-electron chi connectivity index (χ0n) is 20.7. The van der Waals surface area contributed by atoms with Crippen molar-refractivity contribution in [3.8, 4) is 22.3 Å². The zero-order valence-corrected chi connectivity index (χ0v) is 20.7. The maximum atomic E-state index is 14.8. The fourth-order valence-electron chi connectivity index (χ4n) is 5.86. The predicted octanol–water partition coefficient (Wildman–Crippen LogP) is 4.72. The fraction of sp³-hybridized carbons (Fsp3) is 0.241. The van der Waals surface area contributed by atoms with Gasteiger partial charge in [-0.05, 0) is 59.5 Å². The highest BCUT2D eigenvalue weighted by molar-refractivity contribution is 6.02. The topological polar surface area (TPSA) is 86.0 Å². The highest BCUT2D eigenvalue weighted by Gasteiger charge is 2.33. The number of aromatic amines is 2. The summed E-state index contributed by atoms with van der Waals surface area (Å²) in [5.74, 6) is -1.90. The van der Waals surface area contributed by atoms with E-state index < -0.39 is 23.1 Å². The van der Waals surface area contributed by atoms with Gasteiger partial charge in [0.1, 0.15) is 23.0 Å². The molecule has 7 nitrogen and oxygen atoms in total. The molecule has 0 unspecified atom stereocenters. The number of piperidine rings is 1. The molecule has 0 aliphatic carbocycles. The number of morpholine rings is 1. The third kappa shape index (κ3) is 4.25. The zero-order chi connectivity index (χ0) is 26.7. The van der Waals surface area contributed by atoms with E-state index in [1.807, 2.05) is 18.2 Å². The Morgan fingerprint density at radius 3 is 2.64 bits per heavy atom. The Morgan fingerprint density at radius 2 is 1.79 bits per heavy atom. The van der Waals surface area contributed by atoms with Crippen LogP contribution in [-0.2, 0) is 4.74 Å². The fourth-order valence-corrected chi connectivity index (χ4v) is 5.86. The monoisotopic (exact) mass is 531 g/mol. The summed E-state index contributed by atoms with van der Waals surface area (Å²) in [7, 11) is 0. The summed E-state index contributed by atoms with van der Waals surface area (Å²) in [5.41, 5.74) is 3.73. The number of hydrogen-bond acceptors (Lipinski definition) is 5. The molecule has 3 N–H and O–H groups in total. The molecule has 0 spiro atoms. The largest absolute Gasteiger partial charge is 0.373 e. The molecule has 4 heterocycles. The standard InChI is InChI=1S/C29H24F3N5O2/c30-18-7-17(8-19(31)12-18)21-13-34-23-2-1-15(16-10-22(32)27-25(11-16)35-29(38)36-27)9-20(23)28(21)37-5-3-24-26(14-37)39-6-4-33-24/h1-2,7-13,24,26,33H,3-6,14H2,(H2,35,36,38)/t24-,26-/m1/s1. The number of hydrogen-bond donors (Lipinski definition) is 3. The van der Waals surface area contributed by atoms with Crippen LogP contribution in [0.25, 0.3) is 44.2 Å². The van der Waals surface area contributed by atoms with Crippen molar-refractivity contribution < 1.29 is 17.9 Å². The molecule has 10 heteroatoms. The first-order valence-electron chi connectivity index (χ1n) is 12.8. The number of nitrogens with one attached hydrogen (secondary N) is 3. The molecule has 0 radical (unpaired) electrons. The van der Waals surface area contributed by atoms with E-state index in [1.54, 1.807) is 12.3 Å². The Kier molecular flexibility index (Phi) is 5.67. The van der Waals surface area contributed by atoms with Crippen LogP contribution < -0.4 is 15.9 Å². The molecular weight excluding hydrogens is 507 g/mol. The van der Waals surface area contributed by atoms with Gasteiger partial charge in [-0.3, -0.25) is 4.98 Å². The Hall–Kier alpha value is -4.15. The minimum absolute atomic E-state index is 0.0297. The van der Waals surface area contributed by atoms with Gasteiger partial charge in [0.05, 0.1) is 29.4 Å². The molecule has 2 atom stereocenters.